The molecule has 1 nitrogen and oxygen atoms in total. The molecule has 0 aromatic carbocycles. The number of allylic oxidation sites excluding steroid dienone is 4. The molecule has 48 valence electrons. The Morgan fingerprint density at radius 1 is 1.67 bits per heavy atom. The first kappa shape index (κ1) is 6.62. The summed E-state index contributed by atoms with van der Waals surface area (Å²) in [5, 5.41) is 7.41. The van der Waals surface area contributed by atoms with E-state index in [9.17, 15) is 0 Å². The number of nitrogens with one attached hydrogen (secondary N) is 1. The molecule has 0 spiro atoms. The summed E-state index contributed by atoms with van der Waals surface area (Å²) >= 11 is 1.64. The Morgan fingerprint density at radius 2 is 2.44 bits per heavy atom. The molecule has 9 heavy (non-hydrogen) atoms. The van der Waals surface area contributed by atoms with Gasteiger partial charge in [-0.3, -0.25) is 0 Å². The van der Waals surface area contributed by atoms with Gasteiger partial charge in [0, 0.05) is 17.0 Å². The van der Waals surface area contributed by atoms with Crippen molar-refractivity contribution >= 4 is 17.5 Å². The molecule has 2 heteroatoms. The van der Waals surface area contributed by atoms with Gasteiger partial charge in [-0.2, -0.15) is 0 Å². The zero-order valence-corrected chi connectivity index (χ0v) is 6.16. The summed E-state index contributed by atoms with van der Waals surface area (Å²) in [6.07, 6.45) is 8.79. The number of rotatable bonds is 1. The van der Waals surface area contributed by atoms with Gasteiger partial charge in [-0.15, -0.1) is 11.8 Å². The Labute approximate surface area is 59.4 Å². The summed E-state index contributed by atoms with van der Waals surface area (Å²) in [7, 11) is 0. The summed E-state index contributed by atoms with van der Waals surface area (Å²) in [5.74, 6) is 0. The van der Waals surface area contributed by atoms with Crippen molar-refractivity contribution in [2.75, 3.05) is 6.26 Å². The molecular formula is C7H9NS. The van der Waals surface area contributed by atoms with Crippen LogP contribution in [0.4, 0.5) is 0 Å². The summed E-state index contributed by atoms with van der Waals surface area (Å²) < 4.78 is 0. The second kappa shape index (κ2) is 2.87. The molecule has 1 rings (SSSR count). The van der Waals surface area contributed by atoms with Gasteiger partial charge in [0.15, 0.2) is 0 Å². The third kappa shape index (κ3) is 1.45. The number of thioether (sulfide) groups is 1. The monoisotopic (exact) mass is 139 g/mol. The van der Waals surface area contributed by atoms with E-state index in [1.54, 1.807) is 11.8 Å². The molecule has 1 aliphatic rings. The first-order valence-corrected chi connectivity index (χ1v) is 4.05. The SMILES string of the molecule is CSC1=CC=CCC1=N. The molecule has 0 aliphatic heterocycles. The maximum Gasteiger partial charge on any atom is 0.0487 e. The number of hydrogen-bond acceptors (Lipinski definition) is 2. The van der Waals surface area contributed by atoms with E-state index in [0.29, 0.717) is 0 Å². The van der Waals surface area contributed by atoms with Crippen molar-refractivity contribution in [3.05, 3.63) is 23.1 Å². The van der Waals surface area contributed by atoms with Crippen molar-refractivity contribution in [1.82, 2.24) is 0 Å². The van der Waals surface area contributed by atoms with Crippen LogP contribution in [0.1, 0.15) is 6.42 Å². The van der Waals surface area contributed by atoms with Crippen LogP contribution in [-0.4, -0.2) is 12.0 Å². The predicted molar refractivity (Wildman–Crippen MR) is 43.1 cm³/mol. The van der Waals surface area contributed by atoms with Crippen molar-refractivity contribution in [3.8, 4) is 0 Å². The minimum absolute atomic E-state index is 0.741. The van der Waals surface area contributed by atoms with Crippen LogP contribution in [0.25, 0.3) is 0 Å². The van der Waals surface area contributed by atoms with Gasteiger partial charge < -0.3 is 5.41 Å². The van der Waals surface area contributed by atoms with Gasteiger partial charge >= 0.3 is 0 Å². The summed E-state index contributed by atoms with van der Waals surface area (Å²) in [6, 6.07) is 0. The van der Waals surface area contributed by atoms with Crippen LogP contribution in [0.2, 0.25) is 0 Å². The van der Waals surface area contributed by atoms with Gasteiger partial charge in [-0.05, 0) is 12.3 Å². The highest BCUT2D eigenvalue weighted by atomic mass is 32.2. The summed E-state index contributed by atoms with van der Waals surface area (Å²) in [6.45, 7) is 0. The fourth-order valence-corrected chi connectivity index (χ4v) is 1.28. The first-order valence-electron chi connectivity index (χ1n) is 2.83. The van der Waals surface area contributed by atoms with Gasteiger partial charge in [0.05, 0.1) is 0 Å². The van der Waals surface area contributed by atoms with E-state index in [-0.39, 0.29) is 0 Å². The summed E-state index contributed by atoms with van der Waals surface area (Å²) in [4.78, 5) is 1.09. The van der Waals surface area contributed by atoms with Crippen LogP contribution >= 0.6 is 11.8 Å². The molecule has 0 atom stereocenters. The molecule has 0 amide bonds. The van der Waals surface area contributed by atoms with Crippen LogP contribution in [0.3, 0.4) is 0 Å². The average Bonchev–Trinajstić information content (AvgIpc) is 1.89. The lowest BCUT2D eigenvalue weighted by Crippen LogP contribution is -1.98. The Bertz CT molecular complexity index is 179. The largest absolute Gasteiger partial charge is 0.304 e. The van der Waals surface area contributed by atoms with E-state index in [0.717, 1.165) is 17.0 Å². The highest BCUT2D eigenvalue weighted by molar-refractivity contribution is 8.03. The fraction of sp³-hybridized carbons (Fsp3) is 0.286. The minimum atomic E-state index is 0.741. The molecule has 0 bridgehead atoms. The second-order valence-electron chi connectivity index (χ2n) is 1.85. The van der Waals surface area contributed by atoms with Gasteiger partial charge in [0.1, 0.15) is 0 Å². The smallest absolute Gasteiger partial charge is 0.0487 e. The van der Waals surface area contributed by atoms with E-state index >= 15 is 0 Å². The molecule has 1 N–H and O–H groups in total. The zero-order valence-electron chi connectivity index (χ0n) is 5.35. The Balaban J connectivity index is 2.74. The van der Waals surface area contributed by atoms with E-state index < -0.39 is 0 Å². The van der Waals surface area contributed by atoms with E-state index in [4.69, 9.17) is 5.41 Å². The molecule has 1 aliphatic carbocycles. The van der Waals surface area contributed by atoms with Gasteiger partial charge in [0.25, 0.3) is 0 Å². The predicted octanol–water partition coefficient (Wildman–Crippen LogP) is 2.21. The molecule has 0 fully saturated rings. The fourth-order valence-electron chi connectivity index (χ4n) is 0.734. The molecule has 0 heterocycles. The Morgan fingerprint density at radius 3 is 2.89 bits per heavy atom. The Hall–Kier alpha value is -0.500. The van der Waals surface area contributed by atoms with Gasteiger partial charge in [-0.25, -0.2) is 0 Å². The van der Waals surface area contributed by atoms with E-state index in [1.807, 2.05) is 24.5 Å². The highest BCUT2D eigenvalue weighted by Crippen LogP contribution is 2.17. The van der Waals surface area contributed by atoms with Crippen LogP contribution in [0, 0.1) is 5.41 Å². The lowest BCUT2D eigenvalue weighted by molar-refractivity contribution is 1.36. The quantitative estimate of drug-likeness (QED) is 0.591. The topological polar surface area (TPSA) is 23.9 Å². The van der Waals surface area contributed by atoms with Crippen molar-refractivity contribution in [1.29, 1.82) is 5.41 Å². The summed E-state index contributed by atoms with van der Waals surface area (Å²) in [5.41, 5.74) is 0.741. The molecular weight excluding hydrogens is 130 g/mol. The molecule has 0 aromatic heterocycles. The number of hydrogen-bond donors (Lipinski definition) is 1. The highest BCUT2D eigenvalue weighted by Gasteiger charge is 2.02. The molecule has 0 aromatic rings. The van der Waals surface area contributed by atoms with Gasteiger partial charge in [-0.1, -0.05) is 12.2 Å². The van der Waals surface area contributed by atoms with Crippen molar-refractivity contribution < 1.29 is 0 Å². The first-order chi connectivity index (χ1) is 4.34. The van der Waals surface area contributed by atoms with Gasteiger partial charge in [0.2, 0.25) is 0 Å². The third-order valence-corrected chi connectivity index (χ3v) is 2.05. The lowest BCUT2D eigenvalue weighted by atomic mass is 10.1. The minimum Gasteiger partial charge on any atom is -0.304 e. The molecule has 0 unspecified atom stereocenters. The van der Waals surface area contributed by atoms with Crippen LogP contribution < -0.4 is 0 Å². The van der Waals surface area contributed by atoms with Crippen LogP contribution in [0.5, 0.6) is 0 Å². The second-order valence-corrected chi connectivity index (χ2v) is 2.69. The van der Waals surface area contributed by atoms with Crippen molar-refractivity contribution in [3.63, 3.8) is 0 Å². The Kier molecular flexibility index (Phi) is 2.11. The molecule has 0 radical (unpaired) electrons. The standard InChI is InChI=1S/C7H9NS/c1-9-7-5-3-2-4-6(7)8/h2-3,5,8H,4H2,1H3. The molecule has 0 saturated heterocycles. The van der Waals surface area contributed by atoms with Crippen molar-refractivity contribution in [2.24, 2.45) is 0 Å². The molecule has 0 saturated carbocycles. The normalized spacial score (nSPS) is 17.9. The van der Waals surface area contributed by atoms with Crippen LogP contribution in [0.15, 0.2) is 23.1 Å². The zero-order chi connectivity index (χ0) is 6.69. The maximum absolute atomic E-state index is 7.41. The third-order valence-electron chi connectivity index (χ3n) is 1.22. The van der Waals surface area contributed by atoms with Crippen LogP contribution in [-0.2, 0) is 0 Å². The lowest BCUT2D eigenvalue weighted by Gasteiger charge is -2.05. The van der Waals surface area contributed by atoms with Crippen molar-refractivity contribution in [2.45, 2.75) is 6.42 Å². The maximum atomic E-state index is 7.41. The van der Waals surface area contributed by atoms with E-state index in [1.165, 1.54) is 0 Å². The van der Waals surface area contributed by atoms with E-state index in [2.05, 4.69) is 0 Å². The average molecular weight is 139 g/mol.